The molecule has 3 rings (SSSR count). The number of hydrogen-bond donors (Lipinski definition) is 2. The van der Waals surface area contributed by atoms with Gasteiger partial charge in [-0.3, -0.25) is 9.69 Å². The molecule has 1 unspecified atom stereocenters. The van der Waals surface area contributed by atoms with Crippen molar-refractivity contribution in [2.75, 3.05) is 13.1 Å². The van der Waals surface area contributed by atoms with Crippen LogP contribution < -0.4 is 5.32 Å². The predicted octanol–water partition coefficient (Wildman–Crippen LogP) is -0.0654. The fourth-order valence-corrected chi connectivity index (χ4v) is 3.08. The standard InChI is InChI=1S/C15H26N6O2/c1-2-7-21-13(17-18-19-21)10-20-8-5-11(6-9-20)14(22)15(23)16-12-3-4-12/h11-12,14,22H,2-10H2,1H3,(H,16,23). The molecule has 1 saturated carbocycles. The molecule has 2 heterocycles. The molecule has 2 fully saturated rings. The second-order valence-corrected chi connectivity index (χ2v) is 6.66. The monoisotopic (exact) mass is 322 g/mol. The van der Waals surface area contributed by atoms with Crippen LogP contribution in [-0.4, -0.2) is 61.4 Å². The van der Waals surface area contributed by atoms with Gasteiger partial charge in [0, 0.05) is 12.6 Å². The summed E-state index contributed by atoms with van der Waals surface area (Å²) in [4.78, 5) is 14.2. The average Bonchev–Trinajstić information content (AvgIpc) is 3.27. The van der Waals surface area contributed by atoms with Crippen molar-refractivity contribution in [2.45, 2.75) is 64.3 Å². The zero-order chi connectivity index (χ0) is 16.2. The van der Waals surface area contributed by atoms with E-state index in [2.05, 4.69) is 32.7 Å². The number of aliphatic hydroxyl groups excluding tert-OH is 1. The van der Waals surface area contributed by atoms with Gasteiger partial charge in [0.15, 0.2) is 5.82 Å². The van der Waals surface area contributed by atoms with Crippen molar-refractivity contribution in [3.05, 3.63) is 5.82 Å². The molecule has 0 bridgehead atoms. The largest absolute Gasteiger partial charge is 0.383 e. The van der Waals surface area contributed by atoms with E-state index in [0.29, 0.717) is 6.04 Å². The first-order chi connectivity index (χ1) is 11.2. The van der Waals surface area contributed by atoms with Gasteiger partial charge in [-0.25, -0.2) is 4.68 Å². The van der Waals surface area contributed by atoms with Crippen molar-refractivity contribution in [2.24, 2.45) is 5.92 Å². The molecule has 1 aromatic rings. The number of aryl methyl sites for hydroxylation is 1. The molecule has 1 saturated heterocycles. The smallest absolute Gasteiger partial charge is 0.249 e. The van der Waals surface area contributed by atoms with E-state index in [-0.39, 0.29) is 11.8 Å². The van der Waals surface area contributed by atoms with E-state index in [1.807, 2.05) is 4.68 Å². The number of carbonyl (C=O) groups excluding carboxylic acids is 1. The molecule has 2 N–H and O–H groups in total. The highest BCUT2D eigenvalue weighted by Gasteiger charge is 2.33. The van der Waals surface area contributed by atoms with Gasteiger partial charge in [0.25, 0.3) is 0 Å². The van der Waals surface area contributed by atoms with Crippen LogP contribution in [0.5, 0.6) is 0 Å². The molecule has 1 aliphatic heterocycles. The van der Waals surface area contributed by atoms with Crippen molar-refractivity contribution in [3.8, 4) is 0 Å². The highest BCUT2D eigenvalue weighted by Crippen LogP contribution is 2.24. The van der Waals surface area contributed by atoms with E-state index >= 15 is 0 Å². The lowest BCUT2D eigenvalue weighted by molar-refractivity contribution is -0.133. The fraction of sp³-hybridized carbons (Fsp3) is 0.867. The maximum Gasteiger partial charge on any atom is 0.249 e. The van der Waals surface area contributed by atoms with Gasteiger partial charge in [0.1, 0.15) is 6.10 Å². The first-order valence-electron chi connectivity index (χ1n) is 8.63. The van der Waals surface area contributed by atoms with Gasteiger partial charge in [-0.05, 0) is 61.5 Å². The number of piperidine rings is 1. The number of aromatic nitrogens is 4. The van der Waals surface area contributed by atoms with Crippen LogP contribution in [-0.2, 0) is 17.9 Å². The summed E-state index contributed by atoms with van der Waals surface area (Å²) in [5, 5.41) is 25.0. The summed E-state index contributed by atoms with van der Waals surface area (Å²) in [5.74, 6) is 0.742. The summed E-state index contributed by atoms with van der Waals surface area (Å²) in [6.07, 6.45) is 3.88. The predicted molar refractivity (Wildman–Crippen MR) is 83.3 cm³/mol. The number of nitrogens with one attached hydrogen (secondary N) is 1. The maximum absolute atomic E-state index is 11.9. The van der Waals surface area contributed by atoms with Crippen molar-refractivity contribution in [3.63, 3.8) is 0 Å². The number of tetrazole rings is 1. The third-order valence-electron chi connectivity index (χ3n) is 4.68. The molecule has 0 radical (unpaired) electrons. The lowest BCUT2D eigenvalue weighted by Crippen LogP contribution is -2.45. The molecular formula is C15H26N6O2. The Morgan fingerprint density at radius 3 is 2.74 bits per heavy atom. The van der Waals surface area contributed by atoms with Crippen molar-refractivity contribution < 1.29 is 9.90 Å². The molecule has 0 aromatic carbocycles. The molecule has 1 aromatic heterocycles. The normalized spacial score (nSPS) is 21.3. The second kappa shape index (κ2) is 7.35. The number of aliphatic hydroxyl groups is 1. The minimum Gasteiger partial charge on any atom is -0.383 e. The number of rotatable bonds is 7. The van der Waals surface area contributed by atoms with Gasteiger partial charge < -0.3 is 10.4 Å². The Labute approximate surface area is 136 Å². The quantitative estimate of drug-likeness (QED) is 0.730. The molecule has 8 nitrogen and oxygen atoms in total. The lowest BCUT2D eigenvalue weighted by atomic mass is 9.90. The third-order valence-corrected chi connectivity index (χ3v) is 4.68. The van der Waals surface area contributed by atoms with Crippen LogP contribution in [0, 0.1) is 5.92 Å². The van der Waals surface area contributed by atoms with E-state index in [0.717, 1.165) is 64.1 Å². The Morgan fingerprint density at radius 1 is 1.35 bits per heavy atom. The van der Waals surface area contributed by atoms with Crippen LogP contribution in [0.4, 0.5) is 0 Å². The summed E-state index contributed by atoms with van der Waals surface area (Å²) in [6.45, 7) is 5.38. The molecule has 2 aliphatic rings. The molecule has 8 heteroatoms. The Balaban J connectivity index is 1.46. The molecule has 0 spiro atoms. The minimum atomic E-state index is -0.872. The molecular weight excluding hydrogens is 296 g/mol. The van der Waals surface area contributed by atoms with E-state index in [1.54, 1.807) is 0 Å². The first kappa shape index (κ1) is 16.3. The van der Waals surface area contributed by atoms with Crippen LogP contribution in [0.25, 0.3) is 0 Å². The van der Waals surface area contributed by atoms with Crippen molar-refractivity contribution in [1.29, 1.82) is 0 Å². The van der Waals surface area contributed by atoms with Crippen LogP contribution >= 0.6 is 0 Å². The number of hydrogen-bond acceptors (Lipinski definition) is 6. The Hall–Kier alpha value is -1.54. The van der Waals surface area contributed by atoms with Gasteiger partial charge in [-0.2, -0.15) is 0 Å². The topological polar surface area (TPSA) is 96.2 Å². The maximum atomic E-state index is 11.9. The fourth-order valence-electron chi connectivity index (χ4n) is 3.08. The van der Waals surface area contributed by atoms with E-state index in [4.69, 9.17) is 0 Å². The van der Waals surface area contributed by atoms with Gasteiger partial charge >= 0.3 is 0 Å². The summed E-state index contributed by atoms with van der Waals surface area (Å²) >= 11 is 0. The Morgan fingerprint density at radius 2 is 2.09 bits per heavy atom. The molecule has 1 amide bonds. The zero-order valence-electron chi connectivity index (χ0n) is 13.7. The SMILES string of the molecule is CCCn1nnnc1CN1CCC(C(O)C(=O)NC2CC2)CC1. The van der Waals surface area contributed by atoms with E-state index in [9.17, 15) is 9.90 Å². The average molecular weight is 322 g/mol. The van der Waals surface area contributed by atoms with Gasteiger partial charge in [0.05, 0.1) is 6.54 Å². The highest BCUT2D eigenvalue weighted by molar-refractivity contribution is 5.81. The number of amides is 1. The van der Waals surface area contributed by atoms with Gasteiger partial charge in [0.2, 0.25) is 5.91 Å². The van der Waals surface area contributed by atoms with E-state index < -0.39 is 6.10 Å². The second-order valence-electron chi connectivity index (χ2n) is 6.66. The Bertz CT molecular complexity index is 522. The van der Waals surface area contributed by atoms with Crippen LogP contribution in [0.15, 0.2) is 0 Å². The molecule has 1 aliphatic carbocycles. The van der Waals surface area contributed by atoms with Crippen molar-refractivity contribution in [1.82, 2.24) is 30.4 Å². The molecule has 1 atom stereocenters. The summed E-state index contributed by atoms with van der Waals surface area (Å²) < 4.78 is 1.85. The zero-order valence-corrected chi connectivity index (χ0v) is 13.7. The lowest BCUT2D eigenvalue weighted by Gasteiger charge is -2.33. The van der Waals surface area contributed by atoms with E-state index in [1.165, 1.54) is 0 Å². The van der Waals surface area contributed by atoms with Crippen molar-refractivity contribution >= 4 is 5.91 Å². The van der Waals surface area contributed by atoms with Crippen LogP contribution in [0.3, 0.4) is 0 Å². The van der Waals surface area contributed by atoms with Gasteiger partial charge in [-0.15, -0.1) is 5.10 Å². The summed E-state index contributed by atoms with van der Waals surface area (Å²) in [7, 11) is 0. The number of nitrogens with zero attached hydrogens (tertiary/aromatic N) is 5. The third kappa shape index (κ3) is 4.26. The summed E-state index contributed by atoms with van der Waals surface area (Å²) in [5.41, 5.74) is 0. The Kier molecular flexibility index (Phi) is 5.22. The van der Waals surface area contributed by atoms with Gasteiger partial charge in [-0.1, -0.05) is 6.92 Å². The van der Waals surface area contributed by atoms with Crippen LogP contribution in [0.1, 0.15) is 44.9 Å². The summed E-state index contributed by atoms with van der Waals surface area (Å²) in [6, 6.07) is 0.301. The minimum absolute atomic E-state index is 0.0524. The number of carbonyl (C=O) groups is 1. The number of likely N-dealkylation sites (tertiary alicyclic amines) is 1. The first-order valence-corrected chi connectivity index (χ1v) is 8.63. The van der Waals surface area contributed by atoms with Crippen LogP contribution in [0.2, 0.25) is 0 Å². The highest BCUT2D eigenvalue weighted by atomic mass is 16.3. The molecule has 23 heavy (non-hydrogen) atoms. The molecule has 128 valence electrons.